The largest absolute Gasteiger partial charge is 0.378 e. The zero-order valence-corrected chi connectivity index (χ0v) is 23.9. The quantitative estimate of drug-likeness (QED) is 0.350. The maximum Gasteiger partial charge on any atom is 0.331 e. The second-order valence-electron chi connectivity index (χ2n) is 10.7. The Morgan fingerprint density at radius 1 is 1.12 bits per heavy atom. The molecule has 0 saturated carbocycles. The molecule has 2 N–H and O–H groups in total. The lowest BCUT2D eigenvalue weighted by molar-refractivity contribution is 0.0304. The standard InChI is InChI=1S/C30H34N8O4/c1-3-4-12-37-26-25(24(28(39)35-13-15-42-16-14-35)27(37)36-11-7-9-21(31)18-36)34(2)30(41)38(29(26)40)19-23-32-17-20-8-5-6-10-22(20)33-23/h5-6,8,10,17,21H,7,9,11-16,18-19,31H2,1-2H3/t21-/m1/s1. The van der Waals surface area contributed by atoms with Crippen molar-refractivity contribution in [2.24, 2.45) is 12.8 Å². The number of nitrogens with zero attached hydrogens (tertiary/aromatic N) is 7. The average molecular weight is 571 g/mol. The van der Waals surface area contributed by atoms with Gasteiger partial charge in [0, 0.05) is 50.9 Å². The highest BCUT2D eigenvalue weighted by molar-refractivity contribution is 6.11. The van der Waals surface area contributed by atoms with Gasteiger partial charge in [-0.15, -0.1) is 5.92 Å². The third-order valence-electron chi connectivity index (χ3n) is 8.03. The molecule has 218 valence electrons. The molecule has 2 fully saturated rings. The summed E-state index contributed by atoms with van der Waals surface area (Å²) in [5.74, 6) is 6.66. The average Bonchev–Trinajstić information content (AvgIpc) is 3.36. The van der Waals surface area contributed by atoms with E-state index < -0.39 is 11.2 Å². The maximum atomic E-state index is 14.3. The van der Waals surface area contributed by atoms with Gasteiger partial charge in [-0.25, -0.2) is 14.8 Å². The van der Waals surface area contributed by atoms with Gasteiger partial charge in [0.2, 0.25) is 0 Å². The van der Waals surface area contributed by atoms with Crippen LogP contribution < -0.4 is 21.9 Å². The van der Waals surface area contributed by atoms with Gasteiger partial charge >= 0.3 is 5.69 Å². The van der Waals surface area contributed by atoms with Crippen molar-refractivity contribution in [2.45, 2.75) is 38.9 Å². The van der Waals surface area contributed by atoms with E-state index in [4.69, 9.17) is 10.5 Å². The van der Waals surface area contributed by atoms with Crippen molar-refractivity contribution < 1.29 is 9.53 Å². The Morgan fingerprint density at radius 3 is 2.67 bits per heavy atom. The van der Waals surface area contributed by atoms with Crippen molar-refractivity contribution in [1.29, 1.82) is 0 Å². The number of carbonyl (C=O) groups excluding carboxylic acids is 1. The highest BCUT2D eigenvalue weighted by Crippen LogP contribution is 2.34. The summed E-state index contributed by atoms with van der Waals surface area (Å²) in [6, 6.07) is 7.45. The second kappa shape index (κ2) is 11.4. The van der Waals surface area contributed by atoms with Crippen LogP contribution in [0.15, 0.2) is 40.1 Å². The first-order valence-corrected chi connectivity index (χ1v) is 14.2. The van der Waals surface area contributed by atoms with Gasteiger partial charge in [0.15, 0.2) is 0 Å². The molecule has 3 aromatic heterocycles. The second-order valence-corrected chi connectivity index (χ2v) is 10.7. The minimum absolute atomic E-state index is 0.0839. The van der Waals surface area contributed by atoms with Gasteiger partial charge < -0.3 is 24.8 Å². The number of hydrogen-bond acceptors (Lipinski definition) is 8. The van der Waals surface area contributed by atoms with E-state index in [1.807, 2.05) is 24.3 Å². The fraction of sp³-hybridized carbons (Fsp3) is 0.433. The third-order valence-corrected chi connectivity index (χ3v) is 8.03. The number of rotatable bonds is 5. The first kappa shape index (κ1) is 27.7. The number of carbonyl (C=O) groups is 1. The molecule has 1 amide bonds. The van der Waals surface area contributed by atoms with E-state index in [0.717, 1.165) is 28.3 Å². The van der Waals surface area contributed by atoms with E-state index in [2.05, 4.69) is 26.7 Å². The smallest absolute Gasteiger partial charge is 0.331 e. The summed E-state index contributed by atoms with van der Waals surface area (Å²) >= 11 is 0. The molecule has 6 rings (SSSR count). The number of aromatic nitrogens is 5. The molecular formula is C30H34N8O4. The van der Waals surface area contributed by atoms with Crippen LogP contribution in [-0.4, -0.2) is 79.9 Å². The van der Waals surface area contributed by atoms with Crippen molar-refractivity contribution in [2.75, 3.05) is 44.3 Å². The molecule has 1 aromatic carbocycles. The van der Waals surface area contributed by atoms with Gasteiger partial charge in [-0.3, -0.25) is 18.7 Å². The van der Waals surface area contributed by atoms with Crippen LogP contribution >= 0.6 is 0 Å². The number of aryl methyl sites for hydroxylation is 1. The topological polar surface area (TPSA) is 134 Å². The van der Waals surface area contributed by atoms with Crippen LogP contribution in [0.5, 0.6) is 0 Å². The number of nitrogens with two attached hydrogens (primary N) is 1. The molecule has 2 saturated heterocycles. The van der Waals surface area contributed by atoms with Gasteiger partial charge in [0.25, 0.3) is 11.5 Å². The molecule has 0 unspecified atom stereocenters. The maximum absolute atomic E-state index is 14.3. The number of fused-ring (bicyclic) bond motifs is 2. The first-order chi connectivity index (χ1) is 20.4. The Hall–Kier alpha value is -4.47. The van der Waals surface area contributed by atoms with Crippen molar-refractivity contribution in [1.82, 2.24) is 28.6 Å². The predicted octanol–water partition coefficient (Wildman–Crippen LogP) is 0.916. The summed E-state index contributed by atoms with van der Waals surface area (Å²) in [6.45, 7) is 4.66. The molecular weight excluding hydrogens is 536 g/mol. The van der Waals surface area contributed by atoms with E-state index >= 15 is 0 Å². The molecule has 12 heteroatoms. The van der Waals surface area contributed by atoms with Crippen molar-refractivity contribution in [3.8, 4) is 11.8 Å². The molecule has 42 heavy (non-hydrogen) atoms. The van der Waals surface area contributed by atoms with Crippen LogP contribution in [0.3, 0.4) is 0 Å². The fourth-order valence-corrected chi connectivity index (χ4v) is 5.96. The number of anilines is 1. The first-order valence-electron chi connectivity index (χ1n) is 14.2. The fourth-order valence-electron chi connectivity index (χ4n) is 5.96. The minimum atomic E-state index is -0.555. The van der Waals surface area contributed by atoms with E-state index in [1.54, 1.807) is 29.6 Å². The number of piperidine rings is 1. The van der Waals surface area contributed by atoms with Crippen LogP contribution in [-0.2, 0) is 24.9 Å². The lowest BCUT2D eigenvalue weighted by atomic mass is 10.1. The SMILES string of the molecule is CC#CCn1c(N2CCC[C@@H](N)C2)c(C(=O)N2CCOCC2)c2c1c(=O)n(Cc1ncc3ccccc3n1)c(=O)n2C. The third kappa shape index (κ3) is 4.84. The van der Waals surface area contributed by atoms with Gasteiger partial charge in [0.05, 0.1) is 37.3 Å². The highest BCUT2D eigenvalue weighted by Gasteiger charge is 2.35. The lowest BCUT2D eigenvalue weighted by Gasteiger charge is -2.34. The van der Waals surface area contributed by atoms with Crippen molar-refractivity contribution >= 4 is 33.7 Å². The molecule has 0 spiro atoms. The Labute approximate surface area is 242 Å². The van der Waals surface area contributed by atoms with E-state index in [-0.39, 0.29) is 30.6 Å². The summed E-state index contributed by atoms with van der Waals surface area (Å²) in [4.78, 5) is 55.2. The minimum Gasteiger partial charge on any atom is -0.378 e. The zero-order chi connectivity index (χ0) is 29.4. The molecule has 4 aromatic rings. The number of para-hydroxylation sites is 1. The molecule has 0 aliphatic carbocycles. The Morgan fingerprint density at radius 2 is 1.90 bits per heavy atom. The van der Waals surface area contributed by atoms with Gasteiger partial charge in [0.1, 0.15) is 22.7 Å². The van der Waals surface area contributed by atoms with Crippen molar-refractivity contribution in [3.05, 3.63) is 62.7 Å². The highest BCUT2D eigenvalue weighted by atomic mass is 16.5. The molecule has 2 aliphatic heterocycles. The molecule has 12 nitrogen and oxygen atoms in total. The van der Waals surface area contributed by atoms with E-state index in [0.29, 0.717) is 62.1 Å². The molecule has 2 aliphatic rings. The summed E-state index contributed by atoms with van der Waals surface area (Å²) < 4.78 is 9.81. The number of amides is 1. The Kier molecular flexibility index (Phi) is 7.53. The predicted molar refractivity (Wildman–Crippen MR) is 160 cm³/mol. The van der Waals surface area contributed by atoms with Crippen LogP contribution in [0.2, 0.25) is 0 Å². The summed E-state index contributed by atoms with van der Waals surface area (Å²) in [7, 11) is 1.60. The summed E-state index contributed by atoms with van der Waals surface area (Å²) in [6.07, 6.45) is 3.40. The van der Waals surface area contributed by atoms with E-state index in [1.165, 1.54) is 4.57 Å². The van der Waals surface area contributed by atoms with Crippen LogP contribution in [0.25, 0.3) is 21.9 Å². The summed E-state index contributed by atoms with van der Waals surface area (Å²) in [5, 5.41) is 0.861. The van der Waals surface area contributed by atoms with Gasteiger partial charge in [-0.05, 0) is 25.8 Å². The van der Waals surface area contributed by atoms with Crippen LogP contribution in [0.4, 0.5) is 5.82 Å². The molecule has 0 bridgehead atoms. The molecule has 1 atom stereocenters. The van der Waals surface area contributed by atoms with E-state index in [9.17, 15) is 14.4 Å². The van der Waals surface area contributed by atoms with Gasteiger partial charge in [-0.2, -0.15) is 0 Å². The number of benzene rings is 1. The van der Waals surface area contributed by atoms with Crippen LogP contribution in [0.1, 0.15) is 35.9 Å². The molecule has 0 radical (unpaired) electrons. The molecule has 5 heterocycles. The normalized spacial score (nSPS) is 17.5. The zero-order valence-electron chi connectivity index (χ0n) is 23.9. The number of ether oxygens (including phenoxy) is 1. The Balaban J connectivity index is 1.61. The Bertz CT molecular complexity index is 1850. The van der Waals surface area contributed by atoms with Crippen LogP contribution in [0, 0.1) is 11.8 Å². The lowest BCUT2D eigenvalue weighted by Crippen LogP contribution is -2.45. The van der Waals surface area contributed by atoms with Crippen molar-refractivity contribution in [3.63, 3.8) is 0 Å². The monoisotopic (exact) mass is 570 g/mol. The number of hydrogen-bond donors (Lipinski definition) is 1. The van der Waals surface area contributed by atoms with Gasteiger partial charge in [-0.1, -0.05) is 24.1 Å². The summed E-state index contributed by atoms with van der Waals surface area (Å²) in [5.41, 5.74) is 6.89. The number of morpholine rings is 1.